The first-order valence-electron chi connectivity index (χ1n) is 5.51. The first-order chi connectivity index (χ1) is 7.68. The molecule has 0 unspecified atom stereocenters. The molecule has 0 spiro atoms. The van der Waals surface area contributed by atoms with E-state index in [1.54, 1.807) is 11.0 Å². The summed E-state index contributed by atoms with van der Waals surface area (Å²) in [4.78, 5) is 13.4. The number of β-lactam (4-membered cyclic amide) rings is 1. The van der Waals surface area contributed by atoms with Crippen molar-refractivity contribution < 1.29 is 9.18 Å². The molecule has 1 aromatic rings. The fourth-order valence-corrected chi connectivity index (χ4v) is 2.35. The Morgan fingerprint density at radius 1 is 1.38 bits per heavy atom. The quantitative estimate of drug-likeness (QED) is 0.761. The molecule has 3 nitrogen and oxygen atoms in total. The summed E-state index contributed by atoms with van der Waals surface area (Å²) in [5.41, 5.74) is 6.60. The van der Waals surface area contributed by atoms with Gasteiger partial charge in [0.15, 0.2) is 0 Å². The average Bonchev–Trinajstić information content (AvgIpc) is 3.08. The molecule has 2 atom stereocenters. The van der Waals surface area contributed by atoms with E-state index in [2.05, 4.69) is 0 Å². The fourth-order valence-electron chi connectivity index (χ4n) is 2.35. The standard InChI is InChI=1S/C12H13FN2O/c13-8-3-1-2-7(6-8)11-10(14)12(16)15(11)9-4-5-9/h1-3,6,9-11H,4-5,14H2/t10-,11-/m0/s1. The Morgan fingerprint density at radius 2 is 2.12 bits per heavy atom. The van der Waals surface area contributed by atoms with E-state index in [9.17, 15) is 9.18 Å². The predicted molar refractivity (Wildman–Crippen MR) is 57.0 cm³/mol. The van der Waals surface area contributed by atoms with Crippen LogP contribution in [0.3, 0.4) is 0 Å². The Hall–Kier alpha value is -1.42. The number of rotatable bonds is 2. The number of likely N-dealkylation sites (tertiary alicyclic amines) is 1. The van der Waals surface area contributed by atoms with Crippen LogP contribution in [-0.2, 0) is 4.79 Å². The minimum atomic E-state index is -0.498. The molecule has 0 bridgehead atoms. The number of halogens is 1. The summed E-state index contributed by atoms with van der Waals surface area (Å²) < 4.78 is 13.1. The van der Waals surface area contributed by atoms with Crippen LogP contribution in [-0.4, -0.2) is 22.9 Å². The zero-order valence-corrected chi connectivity index (χ0v) is 8.77. The molecule has 1 aliphatic heterocycles. The van der Waals surface area contributed by atoms with Crippen LogP contribution in [0.5, 0.6) is 0 Å². The predicted octanol–water partition coefficient (Wildman–Crippen LogP) is 1.20. The highest BCUT2D eigenvalue weighted by molar-refractivity contribution is 5.90. The van der Waals surface area contributed by atoms with Crippen molar-refractivity contribution in [3.8, 4) is 0 Å². The van der Waals surface area contributed by atoms with Crippen molar-refractivity contribution in [2.24, 2.45) is 5.73 Å². The molecule has 0 radical (unpaired) electrons. The Labute approximate surface area is 93.0 Å². The van der Waals surface area contributed by atoms with Crippen LogP contribution < -0.4 is 5.73 Å². The van der Waals surface area contributed by atoms with E-state index in [1.807, 2.05) is 6.07 Å². The van der Waals surface area contributed by atoms with Crippen molar-refractivity contribution in [2.45, 2.75) is 31.0 Å². The Bertz CT molecular complexity index is 444. The summed E-state index contributed by atoms with van der Waals surface area (Å²) in [5.74, 6) is -0.281. The van der Waals surface area contributed by atoms with Crippen LogP contribution in [0, 0.1) is 5.82 Å². The number of hydrogen-bond donors (Lipinski definition) is 1. The van der Waals surface area contributed by atoms with Crippen molar-refractivity contribution >= 4 is 5.91 Å². The highest BCUT2D eigenvalue weighted by Crippen LogP contribution is 2.42. The molecule has 2 fully saturated rings. The molecule has 2 N–H and O–H groups in total. The summed E-state index contributed by atoms with van der Waals surface area (Å²) >= 11 is 0. The second kappa shape index (κ2) is 3.28. The first-order valence-corrected chi connectivity index (χ1v) is 5.51. The van der Waals surface area contributed by atoms with Gasteiger partial charge in [0.2, 0.25) is 5.91 Å². The lowest BCUT2D eigenvalue weighted by Crippen LogP contribution is -2.63. The maximum atomic E-state index is 13.1. The van der Waals surface area contributed by atoms with Crippen LogP contribution in [0.2, 0.25) is 0 Å². The molecule has 4 heteroatoms. The lowest BCUT2D eigenvalue weighted by Gasteiger charge is -2.46. The largest absolute Gasteiger partial charge is 0.329 e. The van der Waals surface area contributed by atoms with Gasteiger partial charge in [0.1, 0.15) is 11.9 Å². The van der Waals surface area contributed by atoms with E-state index in [0.29, 0.717) is 6.04 Å². The highest BCUT2D eigenvalue weighted by Gasteiger charge is 2.51. The maximum Gasteiger partial charge on any atom is 0.242 e. The van der Waals surface area contributed by atoms with Crippen molar-refractivity contribution in [3.05, 3.63) is 35.6 Å². The number of hydrogen-bond acceptors (Lipinski definition) is 2. The van der Waals surface area contributed by atoms with E-state index in [1.165, 1.54) is 12.1 Å². The van der Waals surface area contributed by atoms with Crippen molar-refractivity contribution in [2.75, 3.05) is 0 Å². The number of nitrogens with zero attached hydrogens (tertiary/aromatic N) is 1. The Morgan fingerprint density at radius 3 is 2.75 bits per heavy atom. The summed E-state index contributed by atoms with van der Waals surface area (Å²) in [6, 6.07) is 6.06. The lowest BCUT2D eigenvalue weighted by molar-refractivity contribution is -0.150. The molecule has 1 heterocycles. The lowest BCUT2D eigenvalue weighted by atomic mass is 9.89. The van der Waals surface area contributed by atoms with Crippen LogP contribution in [0.4, 0.5) is 4.39 Å². The number of nitrogens with two attached hydrogens (primary N) is 1. The van der Waals surface area contributed by atoms with E-state index in [0.717, 1.165) is 18.4 Å². The van der Waals surface area contributed by atoms with Crippen LogP contribution in [0.25, 0.3) is 0 Å². The summed E-state index contributed by atoms with van der Waals surface area (Å²) in [5, 5.41) is 0. The zero-order chi connectivity index (χ0) is 11.3. The topological polar surface area (TPSA) is 46.3 Å². The minimum absolute atomic E-state index is 0.00300. The van der Waals surface area contributed by atoms with Crippen molar-refractivity contribution in [1.29, 1.82) is 0 Å². The third-order valence-electron chi connectivity index (χ3n) is 3.31. The molecule has 3 rings (SSSR count). The molecule has 1 aliphatic carbocycles. The van der Waals surface area contributed by atoms with E-state index < -0.39 is 6.04 Å². The average molecular weight is 220 g/mol. The molecule has 84 valence electrons. The van der Waals surface area contributed by atoms with E-state index in [-0.39, 0.29) is 17.8 Å². The SMILES string of the molecule is N[C@@H]1C(=O)N(C2CC2)[C@H]1c1cccc(F)c1. The Kier molecular flexibility index (Phi) is 2.01. The van der Waals surface area contributed by atoms with Crippen molar-refractivity contribution in [1.82, 2.24) is 4.90 Å². The molecule has 0 aromatic heterocycles. The van der Waals surface area contributed by atoms with Gasteiger partial charge in [0, 0.05) is 6.04 Å². The Balaban J connectivity index is 1.90. The monoisotopic (exact) mass is 220 g/mol. The third-order valence-corrected chi connectivity index (χ3v) is 3.31. The van der Waals surface area contributed by atoms with Gasteiger partial charge in [-0.2, -0.15) is 0 Å². The van der Waals surface area contributed by atoms with E-state index in [4.69, 9.17) is 5.73 Å². The molecule has 1 saturated carbocycles. The van der Waals surface area contributed by atoms with Crippen LogP contribution in [0.15, 0.2) is 24.3 Å². The molecular weight excluding hydrogens is 207 g/mol. The van der Waals surface area contributed by atoms with Gasteiger partial charge in [-0.25, -0.2) is 4.39 Å². The maximum absolute atomic E-state index is 13.1. The number of amides is 1. The first kappa shape index (κ1) is 9.78. The number of carbonyl (C=O) groups is 1. The second-order valence-corrected chi connectivity index (χ2v) is 4.50. The normalized spacial score (nSPS) is 29.1. The molecule has 1 aromatic carbocycles. The molecule has 1 saturated heterocycles. The van der Waals surface area contributed by atoms with Gasteiger partial charge in [-0.1, -0.05) is 12.1 Å². The van der Waals surface area contributed by atoms with Gasteiger partial charge < -0.3 is 10.6 Å². The minimum Gasteiger partial charge on any atom is -0.329 e. The van der Waals surface area contributed by atoms with Gasteiger partial charge in [0.05, 0.1) is 6.04 Å². The smallest absolute Gasteiger partial charge is 0.242 e. The molecule has 16 heavy (non-hydrogen) atoms. The van der Waals surface area contributed by atoms with Crippen molar-refractivity contribution in [3.63, 3.8) is 0 Å². The molecule has 2 aliphatic rings. The second-order valence-electron chi connectivity index (χ2n) is 4.50. The van der Waals surface area contributed by atoms with Gasteiger partial charge in [-0.05, 0) is 30.5 Å². The molecular formula is C12H13FN2O. The fraction of sp³-hybridized carbons (Fsp3) is 0.417. The van der Waals surface area contributed by atoms with Gasteiger partial charge in [-0.3, -0.25) is 4.79 Å². The van der Waals surface area contributed by atoms with Gasteiger partial charge in [0.25, 0.3) is 0 Å². The number of benzene rings is 1. The zero-order valence-electron chi connectivity index (χ0n) is 8.77. The number of carbonyl (C=O) groups excluding carboxylic acids is 1. The summed E-state index contributed by atoms with van der Waals surface area (Å²) in [6.07, 6.45) is 2.09. The van der Waals surface area contributed by atoms with Gasteiger partial charge >= 0.3 is 0 Å². The summed E-state index contributed by atoms with van der Waals surface area (Å²) in [6.45, 7) is 0. The van der Waals surface area contributed by atoms with E-state index >= 15 is 0 Å². The molecule has 1 amide bonds. The highest BCUT2D eigenvalue weighted by atomic mass is 19.1. The van der Waals surface area contributed by atoms with Gasteiger partial charge in [-0.15, -0.1) is 0 Å². The van der Waals surface area contributed by atoms with Crippen LogP contribution >= 0.6 is 0 Å². The summed E-state index contributed by atoms with van der Waals surface area (Å²) in [7, 11) is 0. The third kappa shape index (κ3) is 1.33. The van der Waals surface area contributed by atoms with Crippen LogP contribution in [0.1, 0.15) is 24.4 Å².